The quantitative estimate of drug-likeness (QED) is 0.395. The predicted molar refractivity (Wildman–Crippen MR) is 137 cm³/mol. The van der Waals surface area contributed by atoms with Crippen LogP contribution in [0.25, 0.3) is 11.0 Å². The van der Waals surface area contributed by atoms with Gasteiger partial charge in [-0.3, -0.25) is 14.5 Å². The fraction of sp³-hybridized carbons (Fsp3) is 0.286. The van der Waals surface area contributed by atoms with E-state index in [0.717, 1.165) is 18.4 Å². The highest BCUT2D eigenvalue weighted by atomic mass is 19.1. The summed E-state index contributed by atoms with van der Waals surface area (Å²) in [6.07, 6.45) is 1.71. The molecule has 2 heterocycles. The summed E-state index contributed by atoms with van der Waals surface area (Å²) in [7, 11) is 0. The lowest BCUT2D eigenvalue weighted by atomic mass is 10.0. The number of hydrogen-bond donors (Lipinski definition) is 1. The van der Waals surface area contributed by atoms with Crippen LogP contribution in [0.5, 0.6) is 0 Å². The third kappa shape index (κ3) is 5.36. The molecule has 0 aliphatic carbocycles. The first-order valence-electron chi connectivity index (χ1n) is 12.3. The number of nitrogens with one attached hydrogen (secondary N) is 1. The second-order valence-corrected chi connectivity index (χ2v) is 9.14. The number of benzene rings is 3. The summed E-state index contributed by atoms with van der Waals surface area (Å²) in [4.78, 5) is 28.9. The topological polar surface area (TPSA) is 89.4 Å². The molecule has 1 aliphatic rings. The molecule has 37 heavy (non-hydrogen) atoms. The monoisotopic (exact) mass is 501 g/mol. The molecule has 0 bridgehead atoms. The van der Waals surface area contributed by atoms with Gasteiger partial charge in [-0.05, 0) is 49.6 Å². The van der Waals surface area contributed by atoms with E-state index in [9.17, 15) is 9.59 Å². The smallest absolute Gasteiger partial charge is 0.249 e. The van der Waals surface area contributed by atoms with Crippen molar-refractivity contribution in [3.63, 3.8) is 0 Å². The molecular weight excluding hydrogens is 473 g/mol. The van der Waals surface area contributed by atoms with Crippen LogP contribution in [0, 0.1) is 12.7 Å². The molecule has 190 valence electrons. The lowest BCUT2D eigenvalue weighted by Crippen LogP contribution is -2.47. The number of carbonyl (C=O) groups excluding carboxylic acids is 2. The first kappa shape index (κ1) is 24.6. The van der Waals surface area contributed by atoms with Crippen LogP contribution in [0.2, 0.25) is 0 Å². The Morgan fingerprint density at radius 2 is 1.86 bits per heavy atom. The van der Waals surface area contributed by atoms with Crippen molar-refractivity contribution < 1.29 is 18.7 Å². The van der Waals surface area contributed by atoms with Crippen LogP contribution in [0.1, 0.15) is 30.0 Å². The van der Waals surface area contributed by atoms with Crippen molar-refractivity contribution in [3.8, 4) is 0 Å². The van der Waals surface area contributed by atoms with E-state index >= 15 is 4.39 Å². The van der Waals surface area contributed by atoms with Gasteiger partial charge in [-0.15, -0.1) is 5.10 Å². The minimum Gasteiger partial charge on any atom is -0.376 e. The Labute approximate surface area is 214 Å². The van der Waals surface area contributed by atoms with Crippen molar-refractivity contribution in [3.05, 3.63) is 89.7 Å². The molecule has 3 aromatic carbocycles. The molecule has 2 amide bonds. The molecule has 0 saturated carbocycles. The number of hydrogen-bond acceptors (Lipinski definition) is 5. The Kier molecular flexibility index (Phi) is 7.23. The van der Waals surface area contributed by atoms with Gasteiger partial charge < -0.3 is 10.1 Å². The predicted octanol–water partition coefficient (Wildman–Crippen LogP) is 3.95. The maximum atomic E-state index is 15.2. The van der Waals surface area contributed by atoms with E-state index in [0.29, 0.717) is 29.7 Å². The maximum absolute atomic E-state index is 15.2. The summed E-state index contributed by atoms with van der Waals surface area (Å²) in [5.74, 6) is -1.53. The van der Waals surface area contributed by atoms with Gasteiger partial charge in [0.2, 0.25) is 11.8 Å². The van der Waals surface area contributed by atoms with E-state index in [1.165, 1.54) is 21.7 Å². The van der Waals surface area contributed by atoms with Gasteiger partial charge in [-0.25, -0.2) is 9.07 Å². The molecule has 1 fully saturated rings. The van der Waals surface area contributed by atoms with Crippen molar-refractivity contribution in [1.82, 2.24) is 20.3 Å². The number of amides is 2. The van der Waals surface area contributed by atoms with Gasteiger partial charge >= 0.3 is 0 Å². The standard InChI is InChI=1S/C28H28FN5O3/c1-19-12-14-20(15-13-19)27(28(36)30-17-21-7-6-16-37-21)34(24-10-4-2-8-22(24)29)26(35)18-33-25-11-5-3-9-23(25)31-32-33/h2-5,8-15,21,27H,6-7,16-18H2,1H3,(H,30,36)/t21-,27+/m0/s1. The Morgan fingerprint density at radius 3 is 2.62 bits per heavy atom. The number of aromatic nitrogens is 3. The molecular formula is C28H28FN5O3. The van der Waals surface area contributed by atoms with Crippen LogP contribution in [0.15, 0.2) is 72.8 Å². The number of rotatable bonds is 8. The van der Waals surface area contributed by atoms with Crippen LogP contribution in [-0.2, 0) is 20.9 Å². The molecule has 1 saturated heterocycles. The molecule has 0 radical (unpaired) electrons. The van der Waals surface area contributed by atoms with Gasteiger partial charge in [0.1, 0.15) is 23.9 Å². The van der Waals surface area contributed by atoms with Crippen LogP contribution in [0.3, 0.4) is 0 Å². The van der Waals surface area contributed by atoms with Crippen molar-refractivity contribution in [2.24, 2.45) is 0 Å². The summed E-state index contributed by atoms with van der Waals surface area (Å²) in [6, 6.07) is 19.4. The van der Waals surface area contributed by atoms with Gasteiger partial charge in [-0.1, -0.05) is 59.3 Å². The van der Waals surface area contributed by atoms with Gasteiger partial charge in [0.15, 0.2) is 0 Å². The third-order valence-electron chi connectivity index (χ3n) is 6.51. The molecule has 5 rings (SSSR count). The van der Waals surface area contributed by atoms with E-state index in [4.69, 9.17) is 4.74 Å². The molecule has 9 heteroatoms. The summed E-state index contributed by atoms with van der Waals surface area (Å²) in [5.41, 5.74) is 2.88. The van der Waals surface area contributed by atoms with Crippen LogP contribution in [0.4, 0.5) is 10.1 Å². The second-order valence-electron chi connectivity index (χ2n) is 9.14. The van der Waals surface area contributed by atoms with Crippen molar-refractivity contribution in [2.45, 2.75) is 38.5 Å². The molecule has 1 aromatic heterocycles. The average molecular weight is 502 g/mol. The van der Waals surface area contributed by atoms with Crippen LogP contribution < -0.4 is 10.2 Å². The number of carbonyl (C=O) groups is 2. The molecule has 4 aromatic rings. The van der Waals surface area contributed by atoms with Gasteiger partial charge in [0, 0.05) is 13.2 Å². The SMILES string of the molecule is Cc1ccc([C@H](C(=O)NC[C@@H]2CCCO2)N(C(=O)Cn2nnc3ccccc32)c2ccccc2F)cc1. The number of anilines is 1. The zero-order chi connectivity index (χ0) is 25.8. The van der Waals surface area contributed by atoms with E-state index in [1.54, 1.807) is 30.3 Å². The largest absolute Gasteiger partial charge is 0.376 e. The number of nitrogens with zero attached hydrogens (tertiary/aromatic N) is 4. The first-order chi connectivity index (χ1) is 18.0. The third-order valence-corrected chi connectivity index (χ3v) is 6.51. The van der Waals surface area contributed by atoms with E-state index in [1.807, 2.05) is 37.3 Å². The number of para-hydroxylation sites is 2. The molecule has 1 aliphatic heterocycles. The summed E-state index contributed by atoms with van der Waals surface area (Å²) < 4.78 is 22.3. The number of fused-ring (bicyclic) bond motifs is 1. The summed E-state index contributed by atoms with van der Waals surface area (Å²) >= 11 is 0. The minimum atomic E-state index is -1.11. The summed E-state index contributed by atoms with van der Waals surface area (Å²) in [6.45, 7) is 2.68. The fourth-order valence-electron chi connectivity index (χ4n) is 4.59. The molecule has 0 spiro atoms. The normalized spacial score (nSPS) is 16.0. The van der Waals surface area contributed by atoms with Crippen molar-refractivity contribution >= 4 is 28.5 Å². The molecule has 2 atom stereocenters. The number of aryl methyl sites for hydroxylation is 1. The van der Waals surface area contributed by atoms with E-state index in [-0.39, 0.29) is 18.3 Å². The van der Waals surface area contributed by atoms with Gasteiger partial charge in [0.25, 0.3) is 0 Å². The Bertz CT molecular complexity index is 1400. The zero-order valence-corrected chi connectivity index (χ0v) is 20.5. The maximum Gasteiger partial charge on any atom is 0.249 e. The van der Waals surface area contributed by atoms with Crippen LogP contribution >= 0.6 is 0 Å². The zero-order valence-electron chi connectivity index (χ0n) is 20.5. The molecule has 0 unspecified atom stereocenters. The summed E-state index contributed by atoms with van der Waals surface area (Å²) in [5, 5.41) is 11.2. The minimum absolute atomic E-state index is 0.00904. The Balaban J connectivity index is 1.54. The Morgan fingerprint density at radius 1 is 1.11 bits per heavy atom. The second kappa shape index (κ2) is 10.9. The van der Waals surface area contributed by atoms with Crippen molar-refractivity contribution in [2.75, 3.05) is 18.1 Å². The highest BCUT2D eigenvalue weighted by Gasteiger charge is 2.35. The Hall–Kier alpha value is -4.11. The van der Waals surface area contributed by atoms with E-state index in [2.05, 4.69) is 15.6 Å². The van der Waals surface area contributed by atoms with E-state index < -0.39 is 23.7 Å². The number of ether oxygens (including phenoxy) is 1. The lowest BCUT2D eigenvalue weighted by molar-refractivity contribution is -0.127. The van der Waals surface area contributed by atoms with Gasteiger partial charge in [-0.2, -0.15) is 0 Å². The highest BCUT2D eigenvalue weighted by molar-refractivity contribution is 6.01. The first-order valence-corrected chi connectivity index (χ1v) is 12.3. The molecule has 8 nitrogen and oxygen atoms in total. The van der Waals surface area contributed by atoms with Crippen LogP contribution in [-0.4, -0.2) is 46.1 Å². The number of halogens is 1. The fourth-order valence-corrected chi connectivity index (χ4v) is 4.59. The molecule has 1 N–H and O–H groups in total. The van der Waals surface area contributed by atoms with Gasteiger partial charge in [0.05, 0.1) is 17.3 Å². The van der Waals surface area contributed by atoms with Crippen molar-refractivity contribution in [1.29, 1.82) is 0 Å². The average Bonchev–Trinajstić information content (AvgIpc) is 3.58. The highest BCUT2D eigenvalue weighted by Crippen LogP contribution is 2.31. The lowest BCUT2D eigenvalue weighted by Gasteiger charge is -2.32.